The molecular weight excluding hydrogens is 404 g/mol. The lowest BCUT2D eigenvalue weighted by atomic mass is 10.1. The highest BCUT2D eigenvalue weighted by atomic mass is 32.1. The molecule has 0 radical (unpaired) electrons. The van der Waals surface area contributed by atoms with E-state index in [0.717, 1.165) is 19.6 Å². The van der Waals surface area contributed by atoms with Gasteiger partial charge in [0.05, 0.1) is 11.1 Å². The Labute approximate surface area is 178 Å². The summed E-state index contributed by atoms with van der Waals surface area (Å²) in [6.45, 7) is 9.66. The van der Waals surface area contributed by atoms with Crippen molar-refractivity contribution >= 4 is 39.1 Å². The molecule has 0 fully saturated rings. The molecule has 0 aromatic carbocycles. The van der Waals surface area contributed by atoms with Crippen molar-refractivity contribution in [2.75, 3.05) is 38.5 Å². The molecule has 0 spiro atoms. The summed E-state index contributed by atoms with van der Waals surface area (Å²) in [6, 6.07) is 5.28. The van der Waals surface area contributed by atoms with E-state index in [1.165, 1.54) is 11.3 Å². The van der Waals surface area contributed by atoms with E-state index >= 15 is 0 Å². The molecule has 9 nitrogen and oxygen atoms in total. The number of nitrogens with two attached hydrogens (primary N) is 1. The van der Waals surface area contributed by atoms with Crippen LogP contribution in [0.25, 0.3) is 10.2 Å². The van der Waals surface area contributed by atoms with Gasteiger partial charge in [-0.3, -0.25) is 4.79 Å². The number of anilines is 1. The zero-order valence-corrected chi connectivity index (χ0v) is 18.2. The number of thiophene rings is 1. The minimum absolute atomic E-state index is 0.0872. The van der Waals surface area contributed by atoms with Crippen LogP contribution in [-0.2, 0) is 4.84 Å². The Morgan fingerprint density at radius 2 is 2.13 bits per heavy atom. The van der Waals surface area contributed by atoms with Gasteiger partial charge in [0.1, 0.15) is 17.1 Å². The van der Waals surface area contributed by atoms with Gasteiger partial charge in [-0.1, -0.05) is 19.0 Å². The fourth-order valence-corrected chi connectivity index (χ4v) is 3.87. The minimum atomic E-state index is -0.169. The lowest BCUT2D eigenvalue weighted by Crippen LogP contribution is -2.26. The van der Waals surface area contributed by atoms with Crippen LogP contribution in [0.4, 0.5) is 5.95 Å². The maximum absolute atomic E-state index is 12.3. The first kappa shape index (κ1) is 21.7. The summed E-state index contributed by atoms with van der Waals surface area (Å²) in [5.74, 6) is 0.407. The minimum Gasteiger partial charge on any atom is -0.463 e. The number of nitrogens with zero attached hydrogens (tertiary/aromatic N) is 4. The Balaban J connectivity index is 1.98. The van der Waals surface area contributed by atoms with E-state index in [0.29, 0.717) is 45.4 Å². The van der Waals surface area contributed by atoms with Gasteiger partial charge in [-0.15, -0.1) is 11.3 Å². The number of rotatable bonds is 10. The van der Waals surface area contributed by atoms with E-state index in [-0.39, 0.29) is 11.9 Å². The highest BCUT2D eigenvalue weighted by molar-refractivity contribution is 7.20. The number of hydrogen-bond donors (Lipinski definition) is 2. The van der Waals surface area contributed by atoms with Gasteiger partial charge in [0.25, 0.3) is 5.91 Å². The molecule has 3 heterocycles. The molecule has 1 amide bonds. The lowest BCUT2D eigenvalue weighted by Gasteiger charge is -2.16. The second-order valence-electron chi connectivity index (χ2n) is 6.40. The first-order valence-electron chi connectivity index (χ1n) is 9.89. The Hall–Kier alpha value is -2.98. The van der Waals surface area contributed by atoms with Gasteiger partial charge < -0.3 is 25.2 Å². The van der Waals surface area contributed by atoms with Gasteiger partial charge in [-0.05, 0) is 38.2 Å². The third-order valence-corrected chi connectivity index (χ3v) is 5.53. The average Bonchev–Trinajstić information content (AvgIpc) is 3.40. The molecule has 0 aliphatic heterocycles. The Bertz CT molecular complexity index is 1010. The van der Waals surface area contributed by atoms with Crippen LogP contribution in [0.5, 0.6) is 0 Å². The van der Waals surface area contributed by atoms with Crippen LogP contribution in [0.1, 0.15) is 41.9 Å². The molecule has 30 heavy (non-hydrogen) atoms. The van der Waals surface area contributed by atoms with Crippen molar-refractivity contribution in [3.05, 3.63) is 40.8 Å². The van der Waals surface area contributed by atoms with Gasteiger partial charge in [-0.2, -0.15) is 0 Å². The molecule has 0 saturated heterocycles. The zero-order chi connectivity index (χ0) is 21.5. The van der Waals surface area contributed by atoms with E-state index in [9.17, 15) is 4.79 Å². The number of hydrogen-bond acceptors (Lipinski definition) is 9. The first-order valence-corrected chi connectivity index (χ1v) is 10.7. The zero-order valence-electron chi connectivity index (χ0n) is 17.3. The number of likely N-dealkylation sites (N-methyl/N-ethyl adjacent to an activating group) is 1. The number of carbonyl (C=O) groups is 1. The van der Waals surface area contributed by atoms with E-state index in [4.69, 9.17) is 15.0 Å². The Kier molecular flexibility index (Phi) is 7.36. The van der Waals surface area contributed by atoms with Crippen LogP contribution in [-0.4, -0.2) is 59.3 Å². The summed E-state index contributed by atoms with van der Waals surface area (Å²) >= 11 is 1.25. The topological polar surface area (TPSA) is 119 Å². The fraction of sp³-hybridized carbons (Fsp3) is 0.400. The van der Waals surface area contributed by atoms with Crippen LogP contribution in [0, 0.1) is 0 Å². The van der Waals surface area contributed by atoms with Crippen molar-refractivity contribution in [3.63, 3.8) is 0 Å². The van der Waals surface area contributed by atoms with Crippen molar-refractivity contribution in [1.82, 2.24) is 20.2 Å². The maximum atomic E-state index is 12.3. The van der Waals surface area contributed by atoms with Crippen molar-refractivity contribution < 1.29 is 14.0 Å². The van der Waals surface area contributed by atoms with Crippen LogP contribution in [0.15, 0.2) is 34.0 Å². The fourth-order valence-electron chi connectivity index (χ4n) is 2.92. The lowest BCUT2D eigenvalue weighted by molar-refractivity contribution is 0.0960. The van der Waals surface area contributed by atoms with Crippen molar-refractivity contribution in [1.29, 1.82) is 0 Å². The van der Waals surface area contributed by atoms with Gasteiger partial charge in [0, 0.05) is 18.5 Å². The molecule has 0 aliphatic rings. The number of aromatic nitrogens is 2. The third-order valence-electron chi connectivity index (χ3n) is 4.50. The smallest absolute Gasteiger partial charge is 0.261 e. The van der Waals surface area contributed by atoms with Gasteiger partial charge in [0.2, 0.25) is 5.95 Å². The Morgan fingerprint density at radius 1 is 1.33 bits per heavy atom. The number of furan rings is 1. The summed E-state index contributed by atoms with van der Waals surface area (Å²) < 4.78 is 5.55. The summed E-state index contributed by atoms with van der Waals surface area (Å²) in [5, 5.41) is 7.77. The molecule has 3 N–H and O–H groups in total. The van der Waals surface area contributed by atoms with Crippen molar-refractivity contribution in [2.45, 2.75) is 20.8 Å². The highest BCUT2D eigenvalue weighted by Crippen LogP contribution is 2.28. The molecule has 3 aromatic heterocycles. The molecule has 0 aliphatic carbocycles. The highest BCUT2D eigenvalue weighted by Gasteiger charge is 2.21. The van der Waals surface area contributed by atoms with E-state index in [1.54, 1.807) is 24.5 Å². The second kappa shape index (κ2) is 10.2. The normalized spacial score (nSPS) is 11.9. The SMILES string of the molecule is CCNC(=O)c1cc2c(/C(=N\OCCN(CC)CC)c3ccco3)nc(N)nc2s1. The van der Waals surface area contributed by atoms with Gasteiger partial charge in [-0.25, -0.2) is 9.97 Å². The van der Waals surface area contributed by atoms with Crippen LogP contribution in [0.3, 0.4) is 0 Å². The summed E-state index contributed by atoms with van der Waals surface area (Å²) in [4.78, 5) is 29.9. The molecule has 0 unspecified atom stereocenters. The quantitative estimate of drug-likeness (QED) is 0.288. The molecule has 3 rings (SSSR count). The molecule has 0 bridgehead atoms. The molecule has 10 heteroatoms. The molecule has 160 valence electrons. The molecular formula is C20H26N6O3S. The number of oxime groups is 1. The molecule has 3 aromatic rings. The van der Waals surface area contributed by atoms with E-state index < -0.39 is 0 Å². The standard InChI is InChI=1S/C20H26N6O3S/c1-4-22-18(27)15-12-13-16(23-20(21)24-19(13)30-15)17(14-8-7-10-28-14)25-29-11-9-26(5-2)6-3/h7-8,10,12H,4-6,9,11H2,1-3H3,(H,22,27)(H2,21,23,24)/b25-17-. The van der Waals surface area contributed by atoms with Crippen LogP contribution < -0.4 is 11.1 Å². The first-order chi connectivity index (χ1) is 14.6. The molecule has 0 atom stereocenters. The number of amides is 1. The summed E-state index contributed by atoms with van der Waals surface area (Å²) in [7, 11) is 0. The maximum Gasteiger partial charge on any atom is 0.261 e. The number of nitrogens with one attached hydrogen (secondary N) is 1. The Morgan fingerprint density at radius 3 is 2.80 bits per heavy atom. The van der Waals surface area contributed by atoms with E-state index in [1.807, 2.05) is 6.92 Å². The third kappa shape index (κ3) is 4.95. The monoisotopic (exact) mass is 430 g/mol. The predicted octanol–water partition coefficient (Wildman–Crippen LogP) is 2.73. The van der Waals surface area contributed by atoms with E-state index in [2.05, 4.69) is 39.2 Å². The van der Waals surface area contributed by atoms with Crippen LogP contribution >= 0.6 is 11.3 Å². The van der Waals surface area contributed by atoms with Gasteiger partial charge in [0.15, 0.2) is 11.5 Å². The number of fused-ring (bicyclic) bond motifs is 1. The summed E-state index contributed by atoms with van der Waals surface area (Å²) in [5.41, 5.74) is 6.80. The van der Waals surface area contributed by atoms with Crippen molar-refractivity contribution in [2.24, 2.45) is 5.16 Å². The number of nitrogen functional groups attached to an aromatic ring is 1. The predicted molar refractivity (Wildman–Crippen MR) is 118 cm³/mol. The van der Waals surface area contributed by atoms with Crippen molar-refractivity contribution in [3.8, 4) is 0 Å². The van der Waals surface area contributed by atoms with Crippen LogP contribution in [0.2, 0.25) is 0 Å². The average molecular weight is 431 g/mol. The summed E-state index contributed by atoms with van der Waals surface area (Å²) in [6.07, 6.45) is 1.55. The largest absolute Gasteiger partial charge is 0.463 e. The number of carbonyl (C=O) groups excluding carboxylic acids is 1. The van der Waals surface area contributed by atoms with Gasteiger partial charge >= 0.3 is 0 Å². The second-order valence-corrected chi connectivity index (χ2v) is 7.43. The molecule has 0 saturated carbocycles.